The van der Waals surface area contributed by atoms with E-state index in [9.17, 15) is 4.79 Å². The second-order valence-electron chi connectivity index (χ2n) is 5.13. The Labute approximate surface area is 136 Å². The van der Waals surface area contributed by atoms with Gasteiger partial charge in [-0.25, -0.2) is 0 Å². The first-order chi connectivity index (χ1) is 11.3. The molecule has 23 heavy (non-hydrogen) atoms. The summed E-state index contributed by atoms with van der Waals surface area (Å²) in [7, 11) is 1.44. The summed E-state index contributed by atoms with van der Waals surface area (Å²) >= 11 is 0. The van der Waals surface area contributed by atoms with Crippen LogP contribution in [0, 0.1) is 5.41 Å². The number of nitrogens with zero attached hydrogens (tertiary/aromatic N) is 2. The molecule has 1 aliphatic rings. The van der Waals surface area contributed by atoms with E-state index in [2.05, 4.69) is 15.8 Å². The fourth-order valence-electron chi connectivity index (χ4n) is 2.53. The molecule has 5 heteroatoms. The van der Waals surface area contributed by atoms with E-state index in [-0.39, 0.29) is 5.91 Å². The highest BCUT2D eigenvalue weighted by molar-refractivity contribution is 5.95. The molecule has 1 aromatic heterocycles. The van der Waals surface area contributed by atoms with Crippen LogP contribution in [0.25, 0.3) is 0 Å². The van der Waals surface area contributed by atoms with Gasteiger partial charge in [0.1, 0.15) is 0 Å². The first-order valence-corrected chi connectivity index (χ1v) is 7.55. The minimum absolute atomic E-state index is 0.210. The van der Waals surface area contributed by atoms with Crippen molar-refractivity contribution in [3.63, 3.8) is 0 Å². The van der Waals surface area contributed by atoms with Gasteiger partial charge in [0.25, 0.3) is 0 Å². The Balaban J connectivity index is 0.000000433. The van der Waals surface area contributed by atoms with Crippen molar-refractivity contribution in [2.24, 2.45) is 0 Å². The summed E-state index contributed by atoms with van der Waals surface area (Å²) in [5.74, 6) is 0.210. The lowest BCUT2D eigenvalue weighted by atomic mass is 10.1. The molecule has 1 amide bonds. The number of methoxy groups -OCH3 is 1. The Hall–Kier alpha value is -2.69. The minimum atomic E-state index is 0.210. The summed E-state index contributed by atoms with van der Waals surface area (Å²) < 4.78 is 4.08. The van der Waals surface area contributed by atoms with E-state index < -0.39 is 0 Å². The summed E-state index contributed by atoms with van der Waals surface area (Å²) in [6.45, 7) is 0.814. The number of hydrogen-bond donors (Lipinski definition) is 1. The van der Waals surface area contributed by atoms with E-state index in [4.69, 9.17) is 5.41 Å². The van der Waals surface area contributed by atoms with Crippen LogP contribution in [0.5, 0.6) is 0 Å². The molecule has 0 aliphatic carbocycles. The second-order valence-corrected chi connectivity index (χ2v) is 5.13. The zero-order chi connectivity index (χ0) is 16.5. The lowest BCUT2D eigenvalue weighted by Crippen LogP contribution is -2.29. The number of hydrogen-bond acceptors (Lipinski definition) is 4. The minimum Gasteiger partial charge on any atom is -0.487 e. The van der Waals surface area contributed by atoms with Gasteiger partial charge in [-0.15, -0.1) is 0 Å². The normalized spacial score (nSPS) is 12.0. The number of benzene rings is 1. The van der Waals surface area contributed by atoms with Crippen LogP contribution >= 0.6 is 0 Å². The third-order valence-electron chi connectivity index (χ3n) is 3.68. The van der Waals surface area contributed by atoms with Crippen LogP contribution in [0.2, 0.25) is 0 Å². The van der Waals surface area contributed by atoms with Crippen LogP contribution < -0.4 is 4.90 Å². The molecule has 0 unspecified atom stereocenters. The van der Waals surface area contributed by atoms with Gasteiger partial charge in [0.2, 0.25) is 5.91 Å². The highest BCUT2D eigenvalue weighted by atomic mass is 16.5. The fourth-order valence-corrected chi connectivity index (χ4v) is 2.53. The zero-order valence-electron chi connectivity index (χ0n) is 13.2. The van der Waals surface area contributed by atoms with Gasteiger partial charge in [0, 0.05) is 31.0 Å². The van der Waals surface area contributed by atoms with Crippen molar-refractivity contribution >= 4 is 18.0 Å². The van der Waals surface area contributed by atoms with E-state index in [1.165, 1.54) is 12.7 Å². The molecule has 1 N–H and O–H groups in total. The highest BCUT2D eigenvalue weighted by Gasteiger charge is 2.23. The van der Waals surface area contributed by atoms with Gasteiger partial charge in [-0.05, 0) is 42.2 Å². The van der Waals surface area contributed by atoms with Gasteiger partial charge in [0.15, 0.2) is 6.40 Å². The average Bonchev–Trinajstić information content (AvgIpc) is 3.05. The lowest BCUT2D eigenvalue weighted by molar-refractivity contribution is -0.118. The molecule has 0 atom stereocenters. The number of pyridine rings is 1. The Morgan fingerprint density at radius 3 is 2.70 bits per heavy atom. The van der Waals surface area contributed by atoms with Crippen LogP contribution in [0.15, 0.2) is 48.8 Å². The number of aryl methyl sites for hydroxylation is 1. The summed E-state index contributed by atoms with van der Waals surface area (Å²) in [6, 6.07) is 12.1. The number of fused-ring (bicyclic) bond motifs is 1. The molecule has 0 saturated carbocycles. The van der Waals surface area contributed by atoms with Gasteiger partial charge in [-0.1, -0.05) is 18.2 Å². The molecular weight excluding hydrogens is 290 g/mol. The number of nitrogens with one attached hydrogen (secondary N) is 1. The summed E-state index contributed by atoms with van der Waals surface area (Å²) in [4.78, 5) is 18.2. The molecule has 0 saturated heterocycles. The summed E-state index contributed by atoms with van der Waals surface area (Å²) in [5.41, 5.74) is 3.53. The lowest BCUT2D eigenvalue weighted by Gasteiger charge is -2.17. The van der Waals surface area contributed by atoms with Crippen molar-refractivity contribution in [3.8, 4) is 0 Å². The van der Waals surface area contributed by atoms with Crippen molar-refractivity contribution in [2.75, 3.05) is 18.6 Å². The Kier molecular flexibility index (Phi) is 6.29. The monoisotopic (exact) mass is 311 g/mol. The van der Waals surface area contributed by atoms with Crippen molar-refractivity contribution in [1.82, 2.24) is 4.98 Å². The molecule has 0 fully saturated rings. The number of aromatic nitrogens is 1. The predicted molar refractivity (Wildman–Crippen MR) is 90.8 cm³/mol. The van der Waals surface area contributed by atoms with Crippen molar-refractivity contribution < 1.29 is 9.53 Å². The summed E-state index contributed by atoms with van der Waals surface area (Å²) in [6.07, 6.45) is 6.71. The van der Waals surface area contributed by atoms with Crippen LogP contribution in [0.1, 0.15) is 17.5 Å². The van der Waals surface area contributed by atoms with Crippen molar-refractivity contribution in [3.05, 3.63) is 59.9 Å². The highest BCUT2D eigenvalue weighted by Crippen LogP contribution is 2.28. The standard InChI is InChI=1S/C16H16N2O.C2H5NO/c19-16(6-5-13-7-10-17-11-8-13)18-12-9-14-3-1-2-4-15(14)18;1-4-2-3/h1-4,7-8,10-11H,5-6,9,12H2;2-3H,1H3. The molecule has 5 nitrogen and oxygen atoms in total. The maximum Gasteiger partial charge on any atom is 0.227 e. The van der Waals surface area contributed by atoms with Crippen LogP contribution in [-0.2, 0) is 22.4 Å². The number of rotatable bonds is 4. The van der Waals surface area contributed by atoms with Crippen LogP contribution in [0.3, 0.4) is 0 Å². The number of para-hydroxylation sites is 1. The first-order valence-electron chi connectivity index (χ1n) is 7.55. The maximum absolute atomic E-state index is 12.3. The number of amides is 1. The van der Waals surface area contributed by atoms with Gasteiger partial charge < -0.3 is 9.64 Å². The number of ether oxygens (including phenoxy) is 1. The average molecular weight is 311 g/mol. The second kappa shape index (κ2) is 8.68. The quantitative estimate of drug-likeness (QED) is 0.697. The molecule has 0 bridgehead atoms. The topological polar surface area (TPSA) is 66.3 Å². The van der Waals surface area contributed by atoms with Gasteiger partial charge >= 0.3 is 0 Å². The molecule has 0 radical (unpaired) electrons. The molecule has 2 aromatic rings. The smallest absolute Gasteiger partial charge is 0.227 e. The van der Waals surface area contributed by atoms with Crippen molar-refractivity contribution in [2.45, 2.75) is 19.3 Å². The van der Waals surface area contributed by atoms with E-state index in [1.807, 2.05) is 35.2 Å². The SMILES string of the molecule is COC=N.O=C(CCc1ccncc1)N1CCc2ccccc21. The van der Waals surface area contributed by atoms with Gasteiger partial charge in [-0.2, -0.15) is 0 Å². The Morgan fingerprint density at radius 1 is 1.30 bits per heavy atom. The van der Waals surface area contributed by atoms with E-state index in [0.29, 0.717) is 6.42 Å². The fraction of sp³-hybridized carbons (Fsp3) is 0.278. The van der Waals surface area contributed by atoms with E-state index in [0.717, 1.165) is 37.0 Å². The predicted octanol–water partition coefficient (Wildman–Crippen LogP) is 2.84. The van der Waals surface area contributed by atoms with E-state index >= 15 is 0 Å². The number of carbonyl (C=O) groups excluding carboxylic acids is 1. The number of carbonyl (C=O) groups is 1. The Bertz CT molecular complexity index is 644. The maximum atomic E-state index is 12.3. The molecular formula is C18H21N3O2. The first kappa shape index (κ1) is 16.7. The molecule has 1 aliphatic heterocycles. The largest absolute Gasteiger partial charge is 0.487 e. The van der Waals surface area contributed by atoms with Crippen LogP contribution in [-0.4, -0.2) is 30.9 Å². The van der Waals surface area contributed by atoms with Crippen LogP contribution in [0.4, 0.5) is 5.69 Å². The number of anilines is 1. The summed E-state index contributed by atoms with van der Waals surface area (Å²) in [5, 5.41) is 6.10. The molecule has 2 heterocycles. The molecule has 0 spiro atoms. The van der Waals surface area contributed by atoms with Crippen molar-refractivity contribution in [1.29, 1.82) is 5.41 Å². The third-order valence-corrected chi connectivity index (χ3v) is 3.68. The van der Waals surface area contributed by atoms with E-state index in [1.54, 1.807) is 12.4 Å². The Morgan fingerprint density at radius 2 is 2.00 bits per heavy atom. The molecule has 120 valence electrons. The molecule has 3 rings (SSSR count). The molecule has 1 aromatic carbocycles. The zero-order valence-corrected chi connectivity index (χ0v) is 13.2. The van der Waals surface area contributed by atoms with Gasteiger partial charge in [0.05, 0.1) is 7.11 Å². The third kappa shape index (κ3) is 4.64. The van der Waals surface area contributed by atoms with Gasteiger partial charge in [-0.3, -0.25) is 15.2 Å².